The molecular formula is C13H25N5O. The zero-order chi connectivity index (χ0) is 14.5. The van der Waals surface area contributed by atoms with Crippen molar-refractivity contribution < 1.29 is 5.11 Å². The van der Waals surface area contributed by atoms with Gasteiger partial charge in [0.1, 0.15) is 18.0 Å². The summed E-state index contributed by atoms with van der Waals surface area (Å²) in [6.07, 6.45) is 3.13. The maximum Gasteiger partial charge on any atom is 0.148 e. The Bertz CT molecular complexity index is 406. The second kappa shape index (κ2) is 6.68. The van der Waals surface area contributed by atoms with Crippen LogP contribution in [-0.4, -0.2) is 27.2 Å². The van der Waals surface area contributed by atoms with Crippen molar-refractivity contribution in [1.82, 2.24) is 9.97 Å². The fourth-order valence-corrected chi connectivity index (χ4v) is 2.10. The molecule has 0 fully saturated rings. The zero-order valence-corrected chi connectivity index (χ0v) is 12.2. The Morgan fingerprint density at radius 1 is 1.37 bits per heavy atom. The highest BCUT2D eigenvalue weighted by Crippen LogP contribution is 2.28. The maximum absolute atomic E-state index is 10.2. The van der Waals surface area contributed by atoms with Crippen LogP contribution in [0.25, 0.3) is 0 Å². The summed E-state index contributed by atoms with van der Waals surface area (Å²) in [4.78, 5) is 8.35. The number of nitrogens with zero attached hydrogens (tertiary/aromatic N) is 2. The standard InChI is InChI=1S/C13H25N5O/c1-5-6-13(4,19)7-15-11-10(9(2)3)12(18-14)17-8-16-11/h8-9,19H,5-7,14H2,1-4H3,(H2,15,16,17,18). The quantitative estimate of drug-likeness (QED) is 0.445. The van der Waals surface area contributed by atoms with Crippen molar-refractivity contribution in [1.29, 1.82) is 0 Å². The second-order valence-electron chi connectivity index (χ2n) is 5.38. The summed E-state index contributed by atoms with van der Waals surface area (Å²) in [6.45, 7) is 8.42. The highest BCUT2D eigenvalue weighted by molar-refractivity contribution is 5.58. The van der Waals surface area contributed by atoms with Gasteiger partial charge >= 0.3 is 0 Å². The van der Waals surface area contributed by atoms with E-state index in [1.807, 2.05) is 6.92 Å². The molecule has 0 saturated heterocycles. The fourth-order valence-electron chi connectivity index (χ4n) is 2.10. The van der Waals surface area contributed by atoms with Gasteiger partial charge in [-0.3, -0.25) is 0 Å². The van der Waals surface area contributed by atoms with Gasteiger partial charge in [-0.25, -0.2) is 15.8 Å². The average Bonchev–Trinajstić information content (AvgIpc) is 2.35. The van der Waals surface area contributed by atoms with Crippen LogP contribution in [0.2, 0.25) is 0 Å². The summed E-state index contributed by atoms with van der Waals surface area (Å²) in [5.41, 5.74) is 2.77. The number of nitrogens with two attached hydrogens (primary N) is 1. The van der Waals surface area contributed by atoms with Crippen molar-refractivity contribution in [2.45, 2.75) is 52.1 Å². The molecule has 5 N–H and O–H groups in total. The minimum atomic E-state index is -0.746. The van der Waals surface area contributed by atoms with E-state index in [1.165, 1.54) is 6.33 Å². The van der Waals surface area contributed by atoms with Crippen molar-refractivity contribution in [3.05, 3.63) is 11.9 Å². The van der Waals surface area contributed by atoms with Gasteiger partial charge in [-0.2, -0.15) is 0 Å². The van der Waals surface area contributed by atoms with Gasteiger partial charge in [0.05, 0.1) is 5.60 Å². The number of aromatic nitrogens is 2. The molecule has 0 aliphatic carbocycles. The van der Waals surface area contributed by atoms with Crippen molar-refractivity contribution >= 4 is 11.6 Å². The van der Waals surface area contributed by atoms with Crippen LogP contribution >= 0.6 is 0 Å². The largest absolute Gasteiger partial charge is 0.388 e. The highest BCUT2D eigenvalue weighted by Gasteiger charge is 2.21. The van der Waals surface area contributed by atoms with Crippen LogP contribution in [0, 0.1) is 0 Å². The summed E-state index contributed by atoms with van der Waals surface area (Å²) in [5, 5.41) is 13.4. The molecule has 6 nitrogen and oxygen atoms in total. The van der Waals surface area contributed by atoms with Crippen molar-refractivity contribution in [3.63, 3.8) is 0 Å². The number of rotatable bonds is 7. The summed E-state index contributed by atoms with van der Waals surface area (Å²) in [6, 6.07) is 0. The van der Waals surface area contributed by atoms with Crippen LogP contribution in [-0.2, 0) is 0 Å². The number of nitrogens with one attached hydrogen (secondary N) is 2. The third kappa shape index (κ3) is 4.33. The van der Waals surface area contributed by atoms with Crippen LogP contribution in [0.5, 0.6) is 0 Å². The van der Waals surface area contributed by atoms with Crippen molar-refractivity contribution in [2.75, 3.05) is 17.3 Å². The Balaban J connectivity index is 2.89. The van der Waals surface area contributed by atoms with Crippen LogP contribution in [0.15, 0.2) is 6.33 Å². The molecule has 6 heteroatoms. The van der Waals surface area contributed by atoms with Crippen molar-refractivity contribution in [3.8, 4) is 0 Å². The van der Waals surface area contributed by atoms with E-state index in [-0.39, 0.29) is 5.92 Å². The first kappa shape index (κ1) is 15.7. The van der Waals surface area contributed by atoms with Gasteiger partial charge in [-0.05, 0) is 19.3 Å². The monoisotopic (exact) mass is 267 g/mol. The van der Waals surface area contributed by atoms with E-state index in [0.29, 0.717) is 18.2 Å². The van der Waals surface area contributed by atoms with E-state index < -0.39 is 5.60 Å². The van der Waals surface area contributed by atoms with Crippen molar-refractivity contribution in [2.24, 2.45) is 5.84 Å². The summed E-state index contributed by atoms with van der Waals surface area (Å²) in [7, 11) is 0. The lowest BCUT2D eigenvalue weighted by Crippen LogP contribution is -2.33. The number of hydrogen-bond acceptors (Lipinski definition) is 6. The third-order valence-corrected chi connectivity index (χ3v) is 3.02. The maximum atomic E-state index is 10.2. The third-order valence-electron chi connectivity index (χ3n) is 3.02. The van der Waals surface area contributed by atoms with Crippen LogP contribution < -0.4 is 16.6 Å². The van der Waals surface area contributed by atoms with E-state index in [4.69, 9.17) is 5.84 Å². The van der Waals surface area contributed by atoms with E-state index >= 15 is 0 Å². The van der Waals surface area contributed by atoms with E-state index in [2.05, 4.69) is 41.5 Å². The lowest BCUT2D eigenvalue weighted by atomic mass is 10.00. The number of hydrazine groups is 1. The van der Waals surface area contributed by atoms with Crippen LogP contribution in [0.1, 0.15) is 52.0 Å². The fraction of sp³-hybridized carbons (Fsp3) is 0.692. The summed E-state index contributed by atoms with van der Waals surface area (Å²) in [5.74, 6) is 7.03. The van der Waals surface area contributed by atoms with Gasteiger partial charge < -0.3 is 15.8 Å². The minimum Gasteiger partial charge on any atom is -0.388 e. The number of hydrogen-bond donors (Lipinski definition) is 4. The summed E-state index contributed by atoms with van der Waals surface area (Å²) >= 11 is 0. The first-order valence-electron chi connectivity index (χ1n) is 6.69. The normalized spacial score (nSPS) is 14.3. The Morgan fingerprint density at radius 3 is 2.53 bits per heavy atom. The van der Waals surface area contributed by atoms with Crippen LogP contribution in [0.3, 0.4) is 0 Å². The van der Waals surface area contributed by atoms with Gasteiger partial charge in [0.25, 0.3) is 0 Å². The molecule has 1 aromatic heterocycles. The molecule has 1 aromatic rings. The van der Waals surface area contributed by atoms with E-state index in [0.717, 1.165) is 18.4 Å². The smallest absolute Gasteiger partial charge is 0.148 e. The molecule has 1 unspecified atom stereocenters. The topological polar surface area (TPSA) is 96.1 Å². The predicted octanol–water partition coefficient (Wildman–Crippen LogP) is 1.85. The lowest BCUT2D eigenvalue weighted by Gasteiger charge is -2.25. The Hall–Kier alpha value is -1.40. The number of anilines is 2. The molecule has 19 heavy (non-hydrogen) atoms. The number of aliphatic hydroxyl groups is 1. The summed E-state index contributed by atoms with van der Waals surface area (Å²) < 4.78 is 0. The minimum absolute atomic E-state index is 0.228. The second-order valence-corrected chi connectivity index (χ2v) is 5.38. The average molecular weight is 267 g/mol. The van der Waals surface area contributed by atoms with E-state index in [1.54, 1.807) is 0 Å². The first-order chi connectivity index (χ1) is 8.91. The molecule has 1 atom stereocenters. The molecular weight excluding hydrogens is 242 g/mol. The number of nitrogen functional groups attached to an aromatic ring is 1. The molecule has 108 valence electrons. The molecule has 1 rings (SSSR count). The van der Waals surface area contributed by atoms with Gasteiger partial charge in [0.15, 0.2) is 0 Å². The van der Waals surface area contributed by atoms with Gasteiger partial charge in [0, 0.05) is 12.1 Å². The highest BCUT2D eigenvalue weighted by atomic mass is 16.3. The zero-order valence-electron chi connectivity index (χ0n) is 12.2. The first-order valence-corrected chi connectivity index (χ1v) is 6.69. The predicted molar refractivity (Wildman–Crippen MR) is 78.0 cm³/mol. The SMILES string of the molecule is CCCC(C)(O)CNc1ncnc(NN)c1C(C)C. The molecule has 0 saturated carbocycles. The Kier molecular flexibility index (Phi) is 5.50. The molecule has 0 aromatic carbocycles. The Labute approximate surface area is 114 Å². The van der Waals surface area contributed by atoms with Crippen LogP contribution in [0.4, 0.5) is 11.6 Å². The lowest BCUT2D eigenvalue weighted by molar-refractivity contribution is 0.0636. The molecule has 0 aliphatic heterocycles. The molecule has 1 heterocycles. The van der Waals surface area contributed by atoms with Gasteiger partial charge in [-0.15, -0.1) is 0 Å². The van der Waals surface area contributed by atoms with E-state index in [9.17, 15) is 5.11 Å². The molecule has 0 radical (unpaired) electrons. The van der Waals surface area contributed by atoms with Gasteiger partial charge in [-0.1, -0.05) is 27.2 Å². The van der Waals surface area contributed by atoms with Gasteiger partial charge in [0.2, 0.25) is 0 Å². The Morgan fingerprint density at radius 2 is 2.00 bits per heavy atom. The molecule has 0 bridgehead atoms. The molecule has 0 amide bonds. The molecule has 0 aliphatic rings. The molecule has 0 spiro atoms.